The number of hydrogen-bond acceptors (Lipinski definition) is 4. The van der Waals surface area contributed by atoms with E-state index >= 15 is 0 Å². The van der Waals surface area contributed by atoms with Crippen LogP contribution in [0, 0.1) is 11.3 Å². The normalized spacial score (nSPS) is 18.7. The minimum atomic E-state index is -0.409. The largest absolute Gasteiger partial charge is 0.391 e. The van der Waals surface area contributed by atoms with Crippen molar-refractivity contribution in [3.8, 4) is 6.07 Å². The van der Waals surface area contributed by atoms with Crippen LogP contribution in [0.25, 0.3) is 0 Å². The Hall–Kier alpha value is -1.51. The molecule has 1 saturated heterocycles. The van der Waals surface area contributed by atoms with Crippen LogP contribution in [0.15, 0.2) is 29.2 Å². The van der Waals surface area contributed by atoms with Crippen LogP contribution in [0.5, 0.6) is 0 Å². The van der Waals surface area contributed by atoms with Gasteiger partial charge < -0.3 is 10.0 Å². The summed E-state index contributed by atoms with van der Waals surface area (Å²) in [6.45, 7) is 0.993. The lowest BCUT2D eigenvalue weighted by Gasteiger charge is -2.17. The summed E-state index contributed by atoms with van der Waals surface area (Å²) in [6, 6.07) is 9.35. The molecule has 1 aliphatic heterocycles. The summed E-state index contributed by atoms with van der Waals surface area (Å²) in [7, 11) is 0. The summed E-state index contributed by atoms with van der Waals surface area (Å²) >= 11 is 1.36. The molecule has 0 spiro atoms. The molecule has 0 aliphatic carbocycles. The molecule has 0 unspecified atom stereocenters. The Morgan fingerprint density at radius 1 is 1.56 bits per heavy atom. The first-order valence-electron chi connectivity index (χ1n) is 5.78. The van der Waals surface area contributed by atoms with E-state index in [1.165, 1.54) is 11.8 Å². The second-order valence-electron chi connectivity index (χ2n) is 4.14. The predicted octanol–water partition coefficient (Wildman–Crippen LogP) is 1.51. The molecule has 0 bridgehead atoms. The van der Waals surface area contributed by atoms with Crippen LogP contribution >= 0.6 is 11.8 Å². The van der Waals surface area contributed by atoms with Gasteiger partial charge in [-0.3, -0.25) is 4.79 Å². The smallest absolute Gasteiger partial charge is 0.255 e. The summed E-state index contributed by atoms with van der Waals surface area (Å²) in [5.41, 5.74) is 0.617. The number of carbonyl (C=O) groups is 1. The summed E-state index contributed by atoms with van der Waals surface area (Å²) in [4.78, 5) is 14.8. The van der Waals surface area contributed by atoms with E-state index in [-0.39, 0.29) is 5.91 Å². The molecule has 1 aromatic carbocycles. The molecule has 0 radical (unpaired) electrons. The van der Waals surface area contributed by atoms with Crippen molar-refractivity contribution in [3.63, 3.8) is 0 Å². The highest BCUT2D eigenvalue weighted by Gasteiger charge is 2.26. The van der Waals surface area contributed by atoms with E-state index in [9.17, 15) is 9.90 Å². The molecule has 0 aromatic heterocycles. The van der Waals surface area contributed by atoms with E-state index in [0.717, 1.165) is 4.90 Å². The van der Waals surface area contributed by atoms with Gasteiger partial charge in [-0.15, -0.1) is 11.8 Å². The lowest BCUT2D eigenvalue weighted by molar-refractivity contribution is 0.0761. The fourth-order valence-corrected chi connectivity index (χ4v) is 2.68. The van der Waals surface area contributed by atoms with Crippen molar-refractivity contribution in [1.29, 1.82) is 5.26 Å². The maximum Gasteiger partial charge on any atom is 0.255 e. The van der Waals surface area contributed by atoms with Crippen molar-refractivity contribution in [3.05, 3.63) is 29.8 Å². The van der Waals surface area contributed by atoms with Crippen molar-refractivity contribution in [2.45, 2.75) is 17.4 Å². The molecule has 4 nitrogen and oxygen atoms in total. The van der Waals surface area contributed by atoms with Crippen LogP contribution in [0.4, 0.5) is 0 Å². The van der Waals surface area contributed by atoms with E-state index in [0.29, 0.717) is 30.8 Å². The Morgan fingerprint density at radius 3 is 3.00 bits per heavy atom. The van der Waals surface area contributed by atoms with Gasteiger partial charge in [0.05, 0.1) is 23.5 Å². The molecule has 1 atom stereocenters. The number of hydrogen-bond donors (Lipinski definition) is 1. The van der Waals surface area contributed by atoms with E-state index < -0.39 is 6.10 Å². The van der Waals surface area contributed by atoms with Crippen LogP contribution in [0.3, 0.4) is 0 Å². The van der Waals surface area contributed by atoms with Crippen LogP contribution in [0.1, 0.15) is 16.8 Å². The zero-order valence-corrected chi connectivity index (χ0v) is 10.7. The molecular formula is C13H14N2O2S. The zero-order chi connectivity index (χ0) is 13.0. The highest BCUT2D eigenvalue weighted by molar-refractivity contribution is 7.99. The number of aliphatic hydroxyl groups excluding tert-OH is 1. The minimum absolute atomic E-state index is 0.0624. The van der Waals surface area contributed by atoms with E-state index in [4.69, 9.17) is 5.26 Å². The average molecular weight is 262 g/mol. The Kier molecular flexibility index (Phi) is 4.24. The van der Waals surface area contributed by atoms with Crippen molar-refractivity contribution in [2.75, 3.05) is 18.8 Å². The van der Waals surface area contributed by atoms with Crippen LogP contribution in [-0.2, 0) is 0 Å². The number of carbonyl (C=O) groups excluding carboxylic acids is 1. The Labute approximate surface area is 110 Å². The molecule has 94 valence electrons. The second-order valence-corrected chi connectivity index (χ2v) is 5.15. The number of β-amino-alcohol motifs (C(OH)–C–C–N with tert-alkyl or cyclic N) is 1. The molecule has 18 heavy (non-hydrogen) atoms. The first kappa shape index (κ1) is 12.9. The molecule has 1 N–H and O–H groups in total. The number of nitrogens with zero attached hydrogens (tertiary/aromatic N) is 2. The average Bonchev–Trinajstić information content (AvgIpc) is 2.82. The molecule has 1 fully saturated rings. The predicted molar refractivity (Wildman–Crippen MR) is 69.3 cm³/mol. The van der Waals surface area contributed by atoms with Gasteiger partial charge in [-0.2, -0.15) is 5.26 Å². The van der Waals surface area contributed by atoms with Crippen LogP contribution < -0.4 is 0 Å². The van der Waals surface area contributed by atoms with Crippen molar-refractivity contribution < 1.29 is 9.90 Å². The molecule has 2 rings (SSSR count). The number of thioether (sulfide) groups is 1. The summed E-state index contributed by atoms with van der Waals surface area (Å²) < 4.78 is 0. The highest BCUT2D eigenvalue weighted by atomic mass is 32.2. The molecule has 1 amide bonds. The summed E-state index contributed by atoms with van der Waals surface area (Å²) in [6.07, 6.45) is 0.229. The molecule has 1 heterocycles. The third-order valence-electron chi connectivity index (χ3n) is 2.86. The van der Waals surface area contributed by atoms with Crippen LogP contribution in [-0.4, -0.2) is 40.9 Å². The number of benzene rings is 1. The standard InChI is InChI=1S/C13H14N2O2S/c14-6-8-18-12-4-2-1-3-11(12)13(17)15-7-5-10(16)9-15/h1-4,10,16H,5,7-9H2/t10-/m0/s1. The second kappa shape index (κ2) is 5.89. The Balaban J connectivity index is 2.17. The molecule has 1 aromatic rings. The third kappa shape index (κ3) is 2.84. The minimum Gasteiger partial charge on any atom is -0.391 e. The lowest BCUT2D eigenvalue weighted by atomic mass is 10.2. The number of nitriles is 1. The fourth-order valence-electron chi connectivity index (χ4n) is 1.98. The van der Waals surface area contributed by atoms with E-state index in [2.05, 4.69) is 6.07 Å². The van der Waals surface area contributed by atoms with Gasteiger partial charge in [-0.1, -0.05) is 12.1 Å². The quantitative estimate of drug-likeness (QED) is 0.839. The third-order valence-corrected chi connectivity index (χ3v) is 3.80. The zero-order valence-electron chi connectivity index (χ0n) is 9.87. The van der Waals surface area contributed by atoms with E-state index in [1.54, 1.807) is 11.0 Å². The number of rotatable bonds is 3. The van der Waals surface area contributed by atoms with Gasteiger partial charge in [0.15, 0.2) is 0 Å². The van der Waals surface area contributed by atoms with Crippen LogP contribution in [0.2, 0.25) is 0 Å². The first-order chi connectivity index (χ1) is 8.72. The monoisotopic (exact) mass is 262 g/mol. The summed E-state index contributed by atoms with van der Waals surface area (Å²) in [5, 5.41) is 18.1. The SMILES string of the molecule is N#CCSc1ccccc1C(=O)N1CC[C@H](O)C1. The van der Waals surface area contributed by atoms with Crippen molar-refractivity contribution >= 4 is 17.7 Å². The fraction of sp³-hybridized carbons (Fsp3) is 0.385. The lowest BCUT2D eigenvalue weighted by Crippen LogP contribution is -2.29. The van der Waals surface area contributed by atoms with Gasteiger partial charge in [0, 0.05) is 18.0 Å². The number of likely N-dealkylation sites (tertiary alicyclic amines) is 1. The Morgan fingerprint density at radius 2 is 2.33 bits per heavy atom. The van der Waals surface area contributed by atoms with Gasteiger partial charge in [0.1, 0.15) is 0 Å². The van der Waals surface area contributed by atoms with Gasteiger partial charge in [0.25, 0.3) is 5.91 Å². The Bertz CT molecular complexity index is 484. The molecule has 5 heteroatoms. The highest BCUT2D eigenvalue weighted by Crippen LogP contribution is 2.24. The van der Waals surface area contributed by atoms with Gasteiger partial charge >= 0.3 is 0 Å². The molecule has 1 aliphatic rings. The number of aliphatic hydroxyl groups is 1. The van der Waals surface area contributed by atoms with Gasteiger partial charge in [-0.05, 0) is 18.6 Å². The summed E-state index contributed by atoms with van der Waals surface area (Å²) in [5.74, 6) is 0.264. The molecule has 0 saturated carbocycles. The van der Waals surface area contributed by atoms with Crippen molar-refractivity contribution in [2.24, 2.45) is 0 Å². The van der Waals surface area contributed by atoms with Gasteiger partial charge in [-0.25, -0.2) is 0 Å². The maximum atomic E-state index is 12.3. The number of amides is 1. The van der Waals surface area contributed by atoms with Crippen molar-refractivity contribution in [1.82, 2.24) is 4.90 Å². The van der Waals surface area contributed by atoms with Gasteiger partial charge in [0.2, 0.25) is 0 Å². The maximum absolute atomic E-state index is 12.3. The first-order valence-corrected chi connectivity index (χ1v) is 6.77. The topological polar surface area (TPSA) is 64.3 Å². The van der Waals surface area contributed by atoms with E-state index in [1.807, 2.05) is 18.2 Å². The molecular weight excluding hydrogens is 248 g/mol.